The Morgan fingerprint density at radius 1 is 1.09 bits per heavy atom. The van der Waals surface area contributed by atoms with Gasteiger partial charge in [0.2, 0.25) is 0 Å². The van der Waals surface area contributed by atoms with Gasteiger partial charge in [0.15, 0.2) is 0 Å². The molecule has 0 N–H and O–H groups in total. The SMILES string of the molecule is Cc1ccc2c(c1)COc1ccccc1/C2=C/CCN(C)C. The average Bonchev–Trinajstić information content (AvgIpc) is 2.64. The van der Waals surface area contributed by atoms with E-state index in [1.807, 2.05) is 6.07 Å². The maximum Gasteiger partial charge on any atom is 0.127 e. The number of fused-ring (bicyclic) bond motifs is 2. The summed E-state index contributed by atoms with van der Waals surface area (Å²) >= 11 is 0. The molecule has 0 atom stereocenters. The molecule has 1 heterocycles. The largest absolute Gasteiger partial charge is 0.488 e. The molecule has 1 aliphatic heterocycles. The summed E-state index contributed by atoms with van der Waals surface area (Å²) in [4.78, 5) is 2.21. The van der Waals surface area contributed by atoms with Crippen LogP contribution in [0.2, 0.25) is 0 Å². The van der Waals surface area contributed by atoms with Crippen molar-refractivity contribution in [1.29, 1.82) is 0 Å². The average molecular weight is 293 g/mol. The molecule has 22 heavy (non-hydrogen) atoms. The minimum absolute atomic E-state index is 0.638. The van der Waals surface area contributed by atoms with Crippen molar-refractivity contribution >= 4 is 5.57 Å². The minimum atomic E-state index is 0.638. The van der Waals surface area contributed by atoms with Gasteiger partial charge in [-0.15, -0.1) is 0 Å². The molecule has 2 heteroatoms. The smallest absolute Gasteiger partial charge is 0.127 e. The topological polar surface area (TPSA) is 12.5 Å². The molecule has 0 aliphatic carbocycles. The third kappa shape index (κ3) is 3.07. The van der Waals surface area contributed by atoms with Crippen LogP contribution in [0.4, 0.5) is 0 Å². The highest BCUT2D eigenvalue weighted by molar-refractivity contribution is 5.85. The molecule has 0 saturated carbocycles. The molecule has 1 aliphatic rings. The van der Waals surface area contributed by atoms with Gasteiger partial charge in [-0.25, -0.2) is 0 Å². The van der Waals surface area contributed by atoms with Crippen LogP contribution in [-0.4, -0.2) is 25.5 Å². The fourth-order valence-electron chi connectivity index (χ4n) is 2.91. The molecular formula is C20H23NO. The molecule has 0 radical (unpaired) electrons. The fourth-order valence-corrected chi connectivity index (χ4v) is 2.91. The molecule has 0 fully saturated rings. The lowest BCUT2D eigenvalue weighted by Crippen LogP contribution is -2.12. The normalized spacial score (nSPS) is 15.2. The first-order valence-electron chi connectivity index (χ1n) is 7.82. The van der Waals surface area contributed by atoms with Crippen molar-refractivity contribution in [3.8, 4) is 5.75 Å². The first-order chi connectivity index (χ1) is 10.6. The third-order valence-electron chi connectivity index (χ3n) is 4.04. The van der Waals surface area contributed by atoms with Crippen molar-refractivity contribution in [3.63, 3.8) is 0 Å². The highest BCUT2D eigenvalue weighted by Crippen LogP contribution is 2.37. The molecule has 0 saturated heterocycles. The quantitative estimate of drug-likeness (QED) is 0.838. The predicted molar refractivity (Wildman–Crippen MR) is 92.2 cm³/mol. The van der Waals surface area contributed by atoms with E-state index >= 15 is 0 Å². The van der Waals surface area contributed by atoms with E-state index in [0.29, 0.717) is 6.61 Å². The zero-order valence-electron chi connectivity index (χ0n) is 13.6. The van der Waals surface area contributed by atoms with E-state index < -0.39 is 0 Å². The van der Waals surface area contributed by atoms with Crippen molar-refractivity contribution < 1.29 is 4.74 Å². The number of aryl methyl sites for hydroxylation is 1. The molecule has 0 aromatic heterocycles. The molecule has 0 unspecified atom stereocenters. The molecule has 0 spiro atoms. The molecule has 2 aromatic rings. The number of hydrogen-bond acceptors (Lipinski definition) is 2. The van der Waals surface area contributed by atoms with Crippen molar-refractivity contribution in [2.75, 3.05) is 20.6 Å². The zero-order chi connectivity index (χ0) is 15.5. The van der Waals surface area contributed by atoms with Gasteiger partial charge >= 0.3 is 0 Å². The number of ether oxygens (including phenoxy) is 1. The van der Waals surface area contributed by atoms with E-state index in [4.69, 9.17) is 4.74 Å². The maximum absolute atomic E-state index is 6.04. The highest BCUT2D eigenvalue weighted by Gasteiger charge is 2.18. The molecule has 114 valence electrons. The number of rotatable bonds is 3. The van der Waals surface area contributed by atoms with Crippen LogP contribution in [-0.2, 0) is 6.61 Å². The molecule has 2 nitrogen and oxygen atoms in total. The fraction of sp³-hybridized carbons (Fsp3) is 0.300. The summed E-state index contributed by atoms with van der Waals surface area (Å²) < 4.78 is 6.04. The number of benzene rings is 2. The first kappa shape index (κ1) is 14.9. The lowest BCUT2D eigenvalue weighted by molar-refractivity contribution is 0.307. The molecule has 3 rings (SSSR count). The van der Waals surface area contributed by atoms with Crippen molar-refractivity contribution in [3.05, 3.63) is 70.8 Å². The highest BCUT2D eigenvalue weighted by atomic mass is 16.5. The number of nitrogens with zero attached hydrogens (tertiary/aromatic N) is 1. The van der Waals surface area contributed by atoms with E-state index in [-0.39, 0.29) is 0 Å². The lowest BCUT2D eigenvalue weighted by atomic mass is 9.92. The summed E-state index contributed by atoms with van der Waals surface area (Å²) in [6.07, 6.45) is 3.38. The summed E-state index contributed by atoms with van der Waals surface area (Å²) in [6, 6.07) is 15.0. The van der Waals surface area contributed by atoms with Gasteiger partial charge in [0.1, 0.15) is 12.4 Å². The van der Waals surface area contributed by atoms with Crippen molar-refractivity contribution in [1.82, 2.24) is 4.90 Å². The number of para-hydroxylation sites is 1. The minimum Gasteiger partial charge on any atom is -0.488 e. The van der Waals surface area contributed by atoms with Crippen molar-refractivity contribution in [2.24, 2.45) is 0 Å². The first-order valence-corrected chi connectivity index (χ1v) is 7.82. The van der Waals surface area contributed by atoms with Crippen LogP contribution >= 0.6 is 0 Å². The Labute approximate surface area is 133 Å². The third-order valence-corrected chi connectivity index (χ3v) is 4.04. The Bertz CT molecular complexity index is 701. The Balaban J connectivity index is 2.08. The molecule has 2 aromatic carbocycles. The van der Waals surface area contributed by atoms with Gasteiger partial charge in [-0.1, -0.05) is 48.0 Å². The zero-order valence-corrected chi connectivity index (χ0v) is 13.6. The maximum atomic E-state index is 6.04. The standard InChI is InChI=1S/C20H23NO/c1-15-10-11-17-16(13-15)14-22-20-9-5-4-7-19(20)18(17)8-6-12-21(2)3/h4-5,7-11,13H,6,12,14H2,1-3H3/b18-8+. The second-order valence-electron chi connectivity index (χ2n) is 6.16. The van der Waals surface area contributed by atoms with E-state index in [1.165, 1.54) is 27.8 Å². The summed E-state index contributed by atoms with van der Waals surface area (Å²) in [5, 5.41) is 0. The van der Waals surface area contributed by atoms with Gasteiger partial charge in [0, 0.05) is 12.1 Å². The Morgan fingerprint density at radius 3 is 2.73 bits per heavy atom. The molecular weight excluding hydrogens is 270 g/mol. The summed E-state index contributed by atoms with van der Waals surface area (Å²) in [6.45, 7) is 3.82. The monoisotopic (exact) mass is 293 g/mol. The van der Waals surface area contributed by atoms with Gasteiger partial charge in [-0.3, -0.25) is 0 Å². The van der Waals surface area contributed by atoms with Gasteiger partial charge in [-0.2, -0.15) is 0 Å². The van der Waals surface area contributed by atoms with Gasteiger partial charge in [0.05, 0.1) is 0 Å². The van der Waals surface area contributed by atoms with E-state index in [2.05, 4.69) is 68.4 Å². The summed E-state index contributed by atoms with van der Waals surface area (Å²) in [5.74, 6) is 0.979. The van der Waals surface area contributed by atoms with E-state index in [9.17, 15) is 0 Å². The number of hydrogen-bond donors (Lipinski definition) is 0. The predicted octanol–water partition coefficient (Wildman–Crippen LogP) is 4.27. The van der Waals surface area contributed by atoms with Crippen LogP contribution in [0.3, 0.4) is 0 Å². The Morgan fingerprint density at radius 2 is 1.91 bits per heavy atom. The molecule has 0 amide bonds. The van der Waals surface area contributed by atoms with E-state index in [1.54, 1.807) is 0 Å². The molecule has 0 bridgehead atoms. The van der Waals surface area contributed by atoms with Crippen LogP contribution in [0.5, 0.6) is 5.75 Å². The van der Waals surface area contributed by atoms with Crippen molar-refractivity contribution in [2.45, 2.75) is 20.0 Å². The van der Waals surface area contributed by atoms with Crippen LogP contribution in [0.1, 0.15) is 28.7 Å². The summed E-state index contributed by atoms with van der Waals surface area (Å²) in [7, 11) is 4.22. The van der Waals surface area contributed by atoms with Gasteiger partial charge in [-0.05, 0) is 50.2 Å². The van der Waals surface area contributed by atoms with Crippen LogP contribution in [0.15, 0.2) is 48.5 Å². The van der Waals surface area contributed by atoms with Gasteiger partial charge < -0.3 is 9.64 Å². The van der Waals surface area contributed by atoms with Gasteiger partial charge in [0.25, 0.3) is 0 Å². The summed E-state index contributed by atoms with van der Waals surface area (Å²) in [5.41, 5.74) is 6.34. The van der Waals surface area contributed by atoms with Crippen LogP contribution < -0.4 is 4.74 Å². The lowest BCUT2D eigenvalue weighted by Gasteiger charge is -2.12. The second kappa shape index (κ2) is 6.37. The Kier molecular flexibility index (Phi) is 4.30. The second-order valence-corrected chi connectivity index (χ2v) is 6.16. The van der Waals surface area contributed by atoms with E-state index in [0.717, 1.165) is 18.7 Å². The van der Waals surface area contributed by atoms with Crippen LogP contribution in [0, 0.1) is 6.92 Å². The Hall–Kier alpha value is -2.06. The van der Waals surface area contributed by atoms with Crippen LogP contribution in [0.25, 0.3) is 5.57 Å².